The predicted octanol–water partition coefficient (Wildman–Crippen LogP) is 1.70. The highest BCUT2D eigenvalue weighted by atomic mass is 35.5. The number of pyridine rings is 1. The lowest BCUT2D eigenvalue weighted by Crippen LogP contribution is -2.30. The van der Waals surface area contributed by atoms with Gasteiger partial charge in [-0.3, -0.25) is 0 Å². The molecule has 0 spiro atoms. The molecule has 1 aliphatic heterocycles. The van der Waals surface area contributed by atoms with E-state index >= 15 is 0 Å². The molecule has 1 atom stereocenters. The van der Waals surface area contributed by atoms with Gasteiger partial charge in [0.25, 0.3) is 0 Å². The Morgan fingerprint density at radius 2 is 2.43 bits per heavy atom. The summed E-state index contributed by atoms with van der Waals surface area (Å²) in [4.78, 5) is 6.22. The molecule has 0 aromatic carbocycles. The van der Waals surface area contributed by atoms with Gasteiger partial charge in [-0.15, -0.1) is 0 Å². The minimum atomic E-state index is -0.610. The number of aliphatic hydroxyl groups is 1. The van der Waals surface area contributed by atoms with Crippen molar-refractivity contribution >= 4 is 17.4 Å². The van der Waals surface area contributed by atoms with E-state index in [1.54, 1.807) is 12.3 Å². The Balaban J connectivity index is 2.22. The van der Waals surface area contributed by atoms with E-state index in [0.717, 1.165) is 18.8 Å². The Kier molecular flexibility index (Phi) is 2.37. The van der Waals surface area contributed by atoms with E-state index in [1.165, 1.54) is 0 Å². The molecular formula is C10H13ClN2O. The van der Waals surface area contributed by atoms with Crippen LogP contribution in [0.4, 0.5) is 5.82 Å². The van der Waals surface area contributed by atoms with Crippen LogP contribution in [0, 0.1) is 0 Å². The van der Waals surface area contributed by atoms with Gasteiger partial charge in [-0.2, -0.15) is 0 Å². The van der Waals surface area contributed by atoms with Gasteiger partial charge in [-0.05, 0) is 25.5 Å². The van der Waals surface area contributed by atoms with Crippen molar-refractivity contribution in [2.45, 2.75) is 18.9 Å². The second-order valence-electron chi connectivity index (χ2n) is 3.98. The van der Waals surface area contributed by atoms with Gasteiger partial charge in [-0.1, -0.05) is 11.6 Å². The SMILES string of the molecule is CC1(O)CCN(c2ncccc2Cl)C1. The van der Waals surface area contributed by atoms with Crippen molar-refractivity contribution in [3.8, 4) is 0 Å². The number of rotatable bonds is 1. The van der Waals surface area contributed by atoms with E-state index in [2.05, 4.69) is 4.98 Å². The lowest BCUT2D eigenvalue weighted by molar-refractivity contribution is 0.0839. The Hall–Kier alpha value is -0.800. The van der Waals surface area contributed by atoms with Crippen LogP contribution in [0.5, 0.6) is 0 Å². The van der Waals surface area contributed by atoms with Gasteiger partial charge in [0.2, 0.25) is 0 Å². The van der Waals surface area contributed by atoms with Gasteiger partial charge in [0.05, 0.1) is 10.6 Å². The lowest BCUT2D eigenvalue weighted by atomic mass is 10.1. The van der Waals surface area contributed by atoms with Crippen molar-refractivity contribution < 1.29 is 5.11 Å². The van der Waals surface area contributed by atoms with Crippen molar-refractivity contribution in [2.75, 3.05) is 18.0 Å². The van der Waals surface area contributed by atoms with Crippen molar-refractivity contribution in [3.05, 3.63) is 23.4 Å². The summed E-state index contributed by atoms with van der Waals surface area (Å²) in [6.07, 6.45) is 2.48. The average molecular weight is 213 g/mol. The smallest absolute Gasteiger partial charge is 0.147 e. The number of β-amino-alcohol motifs (C(OH)–C–C–N with tert-alkyl or cyclic N) is 1. The highest BCUT2D eigenvalue weighted by molar-refractivity contribution is 6.32. The van der Waals surface area contributed by atoms with E-state index in [4.69, 9.17) is 11.6 Å². The largest absolute Gasteiger partial charge is 0.388 e. The summed E-state index contributed by atoms with van der Waals surface area (Å²) < 4.78 is 0. The van der Waals surface area contributed by atoms with Gasteiger partial charge in [0.1, 0.15) is 5.82 Å². The standard InChI is InChI=1S/C10H13ClN2O/c1-10(14)4-6-13(7-10)9-8(11)3-2-5-12-9/h2-3,5,14H,4,6-7H2,1H3. The minimum absolute atomic E-state index is 0.601. The van der Waals surface area contributed by atoms with Crippen molar-refractivity contribution in [1.29, 1.82) is 0 Å². The van der Waals surface area contributed by atoms with Gasteiger partial charge in [-0.25, -0.2) is 4.98 Å². The summed E-state index contributed by atoms with van der Waals surface area (Å²) in [5.41, 5.74) is -0.610. The molecule has 1 aliphatic rings. The third kappa shape index (κ3) is 1.83. The first-order valence-corrected chi connectivity index (χ1v) is 5.04. The van der Waals surface area contributed by atoms with Crippen molar-refractivity contribution in [3.63, 3.8) is 0 Å². The Labute approximate surface area is 88.3 Å². The normalized spacial score (nSPS) is 26.9. The molecule has 1 N–H and O–H groups in total. The third-order valence-corrected chi connectivity index (χ3v) is 2.79. The van der Waals surface area contributed by atoms with Crippen LogP contribution in [-0.4, -0.2) is 28.8 Å². The summed E-state index contributed by atoms with van der Waals surface area (Å²) in [6.45, 7) is 3.25. The molecule has 1 fully saturated rings. The fourth-order valence-corrected chi connectivity index (χ4v) is 1.98. The summed E-state index contributed by atoms with van der Waals surface area (Å²) >= 11 is 6.01. The summed E-state index contributed by atoms with van der Waals surface area (Å²) in [6, 6.07) is 3.62. The molecule has 0 saturated carbocycles. The first-order valence-electron chi connectivity index (χ1n) is 4.66. The van der Waals surface area contributed by atoms with Gasteiger partial charge in [0.15, 0.2) is 0 Å². The molecule has 1 saturated heterocycles. The molecule has 2 rings (SSSR count). The van der Waals surface area contributed by atoms with Crippen molar-refractivity contribution in [1.82, 2.24) is 4.98 Å². The van der Waals surface area contributed by atoms with E-state index in [0.29, 0.717) is 11.6 Å². The summed E-state index contributed by atoms with van der Waals surface area (Å²) in [5, 5.41) is 10.4. The van der Waals surface area contributed by atoms with E-state index < -0.39 is 5.60 Å². The molecule has 2 heterocycles. The molecule has 0 radical (unpaired) electrons. The second-order valence-corrected chi connectivity index (χ2v) is 4.38. The highest BCUT2D eigenvalue weighted by Crippen LogP contribution is 2.29. The van der Waals surface area contributed by atoms with Gasteiger partial charge in [0, 0.05) is 19.3 Å². The van der Waals surface area contributed by atoms with Gasteiger partial charge >= 0.3 is 0 Å². The van der Waals surface area contributed by atoms with Crippen LogP contribution in [0.15, 0.2) is 18.3 Å². The zero-order valence-corrected chi connectivity index (χ0v) is 8.83. The number of hydrogen-bond acceptors (Lipinski definition) is 3. The van der Waals surface area contributed by atoms with Crippen molar-refractivity contribution in [2.24, 2.45) is 0 Å². The predicted molar refractivity (Wildman–Crippen MR) is 56.7 cm³/mol. The van der Waals surface area contributed by atoms with Crippen LogP contribution >= 0.6 is 11.6 Å². The molecule has 4 heteroatoms. The number of halogens is 1. The Morgan fingerprint density at radius 3 is 3.00 bits per heavy atom. The molecule has 76 valence electrons. The molecule has 1 aromatic rings. The molecular weight excluding hydrogens is 200 g/mol. The number of nitrogens with zero attached hydrogens (tertiary/aromatic N) is 2. The molecule has 0 aliphatic carbocycles. The number of aromatic nitrogens is 1. The highest BCUT2D eigenvalue weighted by Gasteiger charge is 2.32. The summed E-state index contributed by atoms with van der Waals surface area (Å²) in [7, 11) is 0. The first-order chi connectivity index (χ1) is 6.58. The zero-order chi connectivity index (χ0) is 10.2. The maximum Gasteiger partial charge on any atom is 0.147 e. The molecule has 14 heavy (non-hydrogen) atoms. The van der Waals surface area contributed by atoms with Crippen LogP contribution in [0.25, 0.3) is 0 Å². The van der Waals surface area contributed by atoms with Crippen LogP contribution in [0.1, 0.15) is 13.3 Å². The average Bonchev–Trinajstić information content (AvgIpc) is 2.47. The molecule has 3 nitrogen and oxygen atoms in total. The zero-order valence-electron chi connectivity index (χ0n) is 8.07. The Bertz CT molecular complexity index is 341. The lowest BCUT2D eigenvalue weighted by Gasteiger charge is -2.20. The molecule has 1 unspecified atom stereocenters. The Morgan fingerprint density at radius 1 is 1.64 bits per heavy atom. The fraction of sp³-hybridized carbons (Fsp3) is 0.500. The van der Waals surface area contributed by atoms with Crippen LogP contribution in [0.3, 0.4) is 0 Å². The number of anilines is 1. The maximum absolute atomic E-state index is 9.80. The molecule has 0 amide bonds. The topological polar surface area (TPSA) is 36.4 Å². The summed E-state index contributed by atoms with van der Waals surface area (Å²) in [5.74, 6) is 0.770. The maximum atomic E-state index is 9.80. The van der Waals surface area contributed by atoms with E-state index in [-0.39, 0.29) is 0 Å². The third-order valence-electron chi connectivity index (χ3n) is 2.49. The van der Waals surface area contributed by atoms with E-state index in [9.17, 15) is 5.11 Å². The number of hydrogen-bond donors (Lipinski definition) is 1. The second kappa shape index (κ2) is 3.41. The first kappa shape index (κ1) is 9.74. The van der Waals surface area contributed by atoms with Crippen LogP contribution in [-0.2, 0) is 0 Å². The van der Waals surface area contributed by atoms with Crippen LogP contribution in [0.2, 0.25) is 5.02 Å². The molecule has 0 bridgehead atoms. The monoisotopic (exact) mass is 212 g/mol. The van der Waals surface area contributed by atoms with Crippen LogP contribution < -0.4 is 4.90 Å². The van der Waals surface area contributed by atoms with E-state index in [1.807, 2.05) is 17.9 Å². The fourth-order valence-electron chi connectivity index (χ4n) is 1.74. The quantitative estimate of drug-likeness (QED) is 0.770. The van der Waals surface area contributed by atoms with Gasteiger partial charge < -0.3 is 10.0 Å². The molecule has 1 aromatic heterocycles. The minimum Gasteiger partial charge on any atom is -0.388 e.